The van der Waals surface area contributed by atoms with Gasteiger partial charge in [-0.2, -0.15) is 0 Å². The average Bonchev–Trinajstić information content (AvgIpc) is 2.77. The van der Waals surface area contributed by atoms with E-state index in [1.165, 1.54) is 16.0 Å². The van der Waals surface area contributed by atoms with Crippen molar-refractivity contribution in [1.82, 2.24) is 5.32 Å². The van der Waals surface area contributed by atoms with Gasteiger partial charge in [-0.1, -0.05) is 54.6 Å². The summed E-state index contributed by atoms with van der Waals surface area (Å²) < 4.78 is 11.5. The second kappa shape index (κ2) is 9.18. The van der Waals surface area contributed by atoms with E-state index in [1.54, 1.807) is 7.11 Å². The Morgan fingerprint density at radius 1 is 0.929 bits per heavy atom. The van der Waals surface area contributed by atoms with Gasteiger partial charge in [-0.05, 0) is 47.1 Å². The van der Waals surface area contributed by atoms with E-state index in [2.05, 4.69) is 53.8 Å². The van der Waals surface area contributed by atoms with Gasteiger partial charge in [0.1, 0.15) is 6.61 Å². The Balaban J connectivity index is 1.44. The highest BCUT2D eigenvalue weighted by molar-refractivity contribution is 7.99. The normalized spacial score (nSPS) is 15.7. The number of hydrogen-bond acceptors (Lipinski definition) is 4. The molecule has 0 saturated carbocycles. The van der Waals surface area contributed by atoms with Crippen LogP contribution in [0.2, 0.25) is 0 Å². The van der Waals surface area contributed by atoms with Crippen molar-refractivity contribution in [1.29, 1.82) is 0 Å². The van der Waals surface area contributed by atoms with Gasteiger partial charge >= 0.3 is 0 Å². The average molecular weight is 392 g/mol. The molecule has 28 heavy (non-hydrogen) atoms. The van der Waals surface area contributed by atoms with Crippen molar-refractivity contribution in [2.45, 2.75) is 30.5 Å². The van der Waals surface area contributed by atoms with Crippen molar-refractivity contribution in [3.63, 3.8) is 0 Å². The molecule has 0 saturated heterocycles. The monoisotopic (exact) mass is 391 g/mol. The van der Waals surface area contributed by atoms with Gasteiger partial charge in [0, 0.05) is 17.5 Å². The Hall–Kier alpha value is -2.43. The SMILES string of the molecule is COc1ccc(CNC2CCSc3ccccc32)cc1OCc1ccccc1. The lowest BCUT2D eigenvalue weighted by Gasteiger charge is -2.26. The standard InChI is InChI=1S/C24H25NO2S/c1-26-22-12-11-19(15-23(22)27-17-18-7-3-2-4-8-18)16-25-21-13-14-28-24-10-6-5-9-20(21)24/h2-12,15,21,25H,13-14,16-17H2,1H3. The van der Waals surface area contributed by atoms with Crippen molar-refractivity contribution < 1.29 is 9.47 Å². The molecule has 0 aliphatic carbocycles. The summed E-state index contributed by atoms with van der Waals surface area (Å²) in [5, 5.41) is 3.72. The van der Waals surface area contributed by atoms with Crippen LogP contribution in [0.1, 0.15) is 29.2 Å². The van der Waals surface area contributed by atoms with Gasteiger partial charge in [0.05, 0.1) is 7.11 Å². The number of ether oxygens (including phenoxy) is 2. The number of thioether (sulfide) groups is 1. The van der Waals surface area contributed by atoms with Gasteiger partial charge < -0.3 is 14.8 Å². The van der Waals surface area contributed by atoms with Crippen LogP contribution in [-0.4, -0.2) is 12.9 Å². The van der Waals surface area contributed by atoms with E-state index < -0.39 is 0 Å². The van der Waals surface area contributed by atoms with Gasteiger partial charge in [0.2, 0.25) is 0 Å². The minimum Gasteiger partial charge on any atom is -0.493 e. The van der Waals surface area contributed by atoms with Crippen molar-refractivity contribution in [3.05, 3.63) is 89.5 Å². The quantitative estimate of drug-likeness (QED) is 0.568. The minimum atomic E-state index is 0.397. The first kappa shape index (κ1) is 18.9. The Kier molecular flexibility index (Phi) is 6.20. The number of hydrogen-bond donors (Lipinski definition) is 1. The van der Waals surface area contributed by atoms with E-state index in [0.717, 1.165) is 35.8 Å². The summed E-state index contributed by atoms with van der Waals surface area (Å²) in [6, 6.07) is 25.5. The van der Waals surface area contributed by atoms with Crippen LogP contribution >= 0.6 is 11.8 Å². The molecule has 0 amide bonds. The molecule has 0 aromatic heterocycles. The van der Waals surface area contributed by atoms with Crippen LogP contribution in [0, 0.1) is 0 Å². The number of nitrogens with one attached hydrogen (secondary N) is 1. The number of benzene rings is 3. The molecule has 0 spiro atoms. The molecule has 3 aromatic rings. The Bertz CT molecular complexity index is 913. The van der Waals surface area contributed by atoms with Gasteiger partial charge in [-0.25, -0.2) is 0 Å². The summed E-state index contributed by atoms with van der Waals surface area (Å²) in [5.74, 6) is 2.70. The van der Waals surface area contributed by atoms with Crippen molar-refractivity contribution in [2.24, 2.45) is 0 Å². The number of rotatable bonds is 7. The fraction of sp³-hybridized carbons (Fsp3) is 0.250. The second-order valence-corrected chi connectivity index (χ2v) is 8.00. The summed E-state index contributed by atoms with van der Waals surface area (Å²) in [6.45, 7) is 1.33. The molecule has 3 nitrogen and oxygen atoms in total. The Labute approximate surface area is 171 Å². The lowest BCUT2D eigenvalue weighted by Crippen LogP contribution is -2.24. The largest absolute Gasteiger partial charge is 0.493 e. The topological polar surface area (TPSA) is 30.5 Å². The zero-order valence-electron chi connectivity index (χ0n) is 16.1. The van der Waals surface area contributed by atoms with Gasteiger partial charge in [0.25, 0.3) is 0 Å². The second-order valence-electron chi connectivity index (χ2n) is 6.87. The van der Waals surface area contributed by atoms with Gasteiger partial charge in [0.15, 0.2) is 11.5 Å². The maximum absolute atomic E-state index is 6.05. The fourth-order valence-corrected chi connectivity index (χ4v) is 4.60. The Morgan fingerprint density at radius 3 is 2.61 bits per heavy atom. The van der Waals surface area contributed by atoms with E-state index in [4.69, 9.17) is 9.47 Å². The molecule has 3 aromatic carbocycles. The van der Waals surface area contributed by atoms with Crippen molar-refractivity contribution in [3.8, 4) is 11.5 Å². The molecule has 1 unspecified atom stereocenters. The first-order valence-corrected chi connectivity index (χ1v) is 10.6. The molecule has 1 atom stereocenters. The molecule has 1 aliphatic rings. The third kappa shape index (κ3) is 4.51. The van der Waals surface area contributed by atoms with Crippen LogP contribution in [0.3, 0.4) is 0 Å². The summed E-state index contributed by atoms with van der Waals surface area (Å²) in [6.07, 6.45) is 1.15. The van der Waals surface area contributed by atoms with Gasteiger partial charge in [-0.15, -0.1) is 11.8 Å². The molecule has 1 aliphatic heterocycles. The van der Waals surface area contributed by atoms with Crippen LogP contribution in [0.5, 0.6) is 11.5 Å². The smallest absolute Gasteiger partial charge is 0.161 e. The minimum absolute atomic E-state index is 0.397. The van der Waals surface area contributed by atoms with E-state index in [1.807, 2.05) is 36.0 Å². The van der Waals surface area contributed by atoms with E-state index in [0.29, 0.717) is 12.6 Å². The van der Waals surface area contributed by atoms with Crippen LogP contribution < -0.4 is 14.8 Å². The molecule has 1 heterocycles. The van der Waals surface area contributed by atoms with E-state index >= 15 is 0 Å². The molecule has 0 fully saturated rings. The number of fused-ring (bicyclic) bond motifs is 1. The lowest BCUT2D eigenvalue weighted by atomic mass is 10.0. The molecular formula is C24H25NO2S. The van der Waals surface area contributed by atoms with Crippen LogP contribution in [0.15, 0.2) is 77.7 Å². The highest BCUT2D eigenvalue weighted by atomic mass is 32.2. The summed E-state index contributed by atoms with van der Waals surface area (Å²) in [7, 11) is 1.68. The molecule has 4 rings (SSSR count). The molecule has 4 heteroatoms. The summed E-state index contributed by atoms with van der Waals surface area (Å²) in [5.41, 5.74) is 3.75. The van der Waals surface area contributed by atoms with Crippen LogP contribution in [0.25, 0.3) is 0 Å². The summed E-state index contributed by atoms with van der Waals surface area (Å²) in [4.78, 5) is 1.40. The zero-order valence-corrected chi connectivity index (χ0v) is 16.9. The zero-order chi connectivity index (χ0) is 19.2. The molecule has 0 bridgehead atoms. The highest BCUT2D eigenvalue weighted by Gasteiger charge is 2.19. The third-order valence-corrected chi connectivity index (χ3v) is 6.10. The number of methoxy groups -OCH3 is 1. The van der Waals surface area contributed by atoms with E-state index in [-0.39, 0.29) is 0 Å². The molecule has 0 radical (unpaired) electrons. The van der Waals surface area contributed by atoms with Crippen LogP contribution in [-0.2, 0) is 13.2 Å². The fourth-order valence-electron chi connectivity index (χ4n) is 3.47. The first-order valence-electron chi connectivity index (χ1n) is 9.62. The lowest BCUT2D eigenvalue weighted by molar-refractivity contribution is 0.284. The third-order valence-electron chi connectivity index (χ3n) is 4.98. The maximum Gasteiger partial charge on any atom is 0.161 e. The van der Waals surface area contributed by atoms with Crippen molar-refractivity contribution >= 4 is 11.8 Å². The summed E-state index contributed by atoms with van der Waals surface area (Å²) >= 11 is 1.95. The van der Waals surface area contributed by atoms with Crippen LogP contribution in [0.4, 0.5) is 0 Å². The molecule has 1 N–H and O–H groups in total. The Morgan fingerprint density at radius 2 is 1.75 bits per heavy atom. The molecule has 144 valence electrons. The first-order chi connectivity index (χ1) is 13.8. The molecular weight excluding hydrogens is 366 g/mol. The van der Waals surface area contributed by atoms with Crippen molar-refractivity contribution in [2.75, 3.05) is 12.9 Å². The predicted molar refractivity (Wildman–Crippen MR) is 115 cm³/mol. The predicted octanol–water partition coefficient (Wildman–Crippen LogP) is 5.60. The van der Waals surface area contributed by atoms with E-state index in [9.17, 15) is 0 Å². The highest BCUT2D eigenvalue weighted by Crippen LogP contribution is 2.36. The maximum atomic E-state index is 6.05. The van der Waals surface area contributed by atoms with Gasteiger partial charge in [-0.3, -0.25) is 0 Å².